The first kappa shape index (κ1) is 15.8. The fourth-order valence-electron chi connectivity index (χ4n) is 2.44. The van der Waals surface area contributed by atoms with Gasteiger partial charge in [0.25, 0.3) is 5.91 Å². The highest BCUT2D eigenvalue weighted by molar-refractivity contribution is 9.10. The molecular formula is C14H17BrFN3O2. The van der Waals surface area contributed by atoms with E-state index in [1.807, 2.05) is 0 Å². The number of hydrogen-bond acceptors (Lipinski definition) is 3. The maximum atomic E-state index is 13.9. The van der Waals surface area contributed by atoms with Crippen molar-refractivity contribution < 1.29 is 14.0 Å². The summed E-state index contributed by atoms with van der Waals surface area (Å²) in [6, 6.07) is 2.86. The SMILES string of the molecule is CN(CCN1CCCC1=O)c1cc(Br)cc(F)c1C(N)=O. The van der Waals surface area contributed by atoms with Crippen molar-refractivity contribution >= 4 is 33.4 Å². The number of likely N-dealkylation sites (tertiary alicyclic amines) is 1. The van der Waals surface area contributed by atoms with Gasteiger partial charge in [0, 0.05) is 37.6 Å². The molecule has 7 heteroatoms. The quantitative estimate of drug-likeness (QED) is 0.872. The summed E-state index contributed by atoms with van der Waals surface area (Å²) in [7, 11) is 1.74. The van der Waals surface area contributed by atoms with Crippen LogP contribution in [0.3, 0.4) is 0 Å². The first-order valence-corrected chi connectivity index (χ1v) is 7.47. The summed E-state index contributed by atoms with van der Waals surface area (Å²) in [6.07, 6.45) is 1.46. The van der Waals surface area contributed by atoms with E-state index in [0.717, 1.165) is 13.0 Å². The van der Waals surface area contributed by atoms with E-state index in [1.165, 1.54) is 6.07 Å². The Kier molecular flexibility index (Phi) is 4.82. The molecule has 0 aromatic heterocycles. The van der Waals surface area contributed by atoms with Gasteiger partial charge in [-0.25, -0.2) is 4.39 Å². The predicted octanol–water partition coefficient (Wildman–Crippen LogP) is 1.75. The molecule has 0 unspecified atom stereocenters. The summed E-state index contributed by atoms with van der Waals surface area (Å²) in [6.45, 7) is 1.80. The average Bonchev–Trinajstić information content (AvgIpc) is 2.80. The van der Waals surface area contributed by atoms with Gasteiger partial charge in [0.05, 0.1) is 11.3 Å². The predicted molar refractivity (Wildman–Crippen MR) is 81.7 cm³/mol. The molecule has 0 radical (unpaired) electrons. The highest BCUT2D eigenvalue weighted by atomic mass is 79.9. The first-order valence-electron chi connectivity index (χ1n) is 6.68. The molecular weight excluding hydrogens is 341 g/mol. The lowest BCUT2D eigenvalue weighted by Crippen LogP contribution is -2.35. The molecule has 21 heavy (non-hydrogen) atoms. The summed E-state index contributed by atoms with van der Waals surface area (Å²) in [5, 5.41) is 0. The number of primary amides is 1. The van der Waals surface area contributed by atoms with Crippen molar-refractivity contribution in [3.63, 3.8) is 0 Å². The first-order chi connectivity index (χ1) is 9.90. The van der Waals surface area contributed by atoms with Gasteiger partial charge >= 0.3 is 0 Å². The summed E-state index contributed by atoms with van der Waals surface area (Å²) in [5.41, 5.74) is 5.54. The van der Waals surface area contributed by atoms with Crippen LogP contribution in [0.1, 0.15) is 23.2 Å². The summed E-state index contributed by atoms with van der Waals surface area (Å²) in [5.74, 6) is -1.32. The van der Waals surface area contributed by atoms with Crippen LogP contribution in [0.4, 0.5) is 10.1 Å². The summed E-state index contributed by atoms with van der Waals surface area (Å²) < 4.78 is 14.4. The fourth-order valence-corrected chi connectivity index (χ4v) is 2.85. The molecule has 0 atom stereocenters. The van der Waals surface area contributed by atoms with Gasteiger partial charge in [-0.2, -0.15) is 0 Å². The average molecular weight is 358 g/mol. The molecule has 1 aliphatic rings. The van der Waals surface area contributed by atoms with E-state index in [0.29, 0.717) is 29.7 Å². The van der Waals surface area contributed by atoms with Crippen molar-refractivity contribution in [2.45, 2.75) is 12.8 Å². The Morgan fingerprint density at radius 2 is 2.24 bits per heavy atom. The van der Waals surface area contributed by atoms with Gasteiger partial charge in [0.2, 0.25) is 5.91 Å². The second-order valence-electron chi connectivity index (χ2n) is 5.05. The topological polar surface area (TPSA) is 66.6 Å². The number of amides is 2. The van der Waals surface area contributed by atoms with Crippen molar-refractivity contribution in [1.82, 2.24) is 4.90 Å². The Hall–Kier alpha value is -1.63. The molecule has 2 amide bonds. The molecule has 1 fully saturated rings. The highest BCUT2D eigenvalue weighted by Crippen LogP contribution is 2.27. The van der Waals surface area contributed by atoms with E-state index < -0.39 is 11.7 Å². The number of benzene rings is 1. The Morgan fingerprint density at radius 3 is 2.81 bits per heavy atom. The normalized spacial score (nSPS) is 14.6. The zero-order chi connectivity index (χ0) is 15.6. The molecule has 2 N–H and O–H groups in total. The molecule has 0 saturated carbocycles. The molecule has 0 aliphatic carbocycles. The van der Waals surface area contributed by atoms with Crippen molar-refractivity contribution in [2.24, 2.45) is 5.73 Å². The van der Waals surface area contributed by atoms with Crippen LogP contribution in [-0.4, -0.2) is 43.4 Å². The molecule has 0 bridgehead atoms. The van der Waals surface area contributed by atoms with Crippen LogP contribution < -0.4 is 10.6 Å². The van der Waals surface area contributed by atoms with Gasteiger partial charge < -0.3 is 15.5 Å². The zero-order valence-corrected chi connectivity index (χ0v) is 13.3. The van der Waals surface area contributed by atoms with Crippen LogP contribution in [-0.2, 0) is 4.79 Å². The van der Waals surface area contributed by atoms with Gasteiger partial charge in [-0.15, -0.1) is 0 Å². The van der Waals surface area contributed by atoms with Crippen molar-refractivity contribution in [3.05, 3.63) is 28.0 Å². The largest absolute Gasteiger partial charge is 0.372 e. The van der Waals surface area contributed by atoms with Crippen LogP contribution >= 0.6 is 15.9 Å². The van der Waals surface area contributed by atoms with Crippen LogP contribution in [0, 0.1) is 5.82 Å². The second-order valence-corrected chi connectivity index (χ2v) is 5.97. The lowest BCUT2D eigenvalue weighted by atomic mass is 10.1. The third-order valence-electron chi connectivity index (χ3n) is 3.57. The van der Waals surface area contributed by atoms with Crippen LogP contribution in [0.25, 0.3) is 0 Å². The fraction of sp³-hybridized carbons (Fsp3) is 0.429. The maximum absolute atomic E-state index is 13.9. The molecule has 114 valence electrons. The van der Waals surface area contributed by atoms with Crippen molar-refractivity contribution in [1.29, 1.82) is 0 Å². The molecule has 2 rings (SSSR count). The molecule has 0 spiro atoms. The molecule has 1 heterocycles. The Labute approximate surface area is 131 Å². The minimum Gasteiger partial charge on any atom is -0.372 e. The third kappa shape index (κ3) is 3.53. The monoisotopic (exact) mass is 357 g/mol. The number of carbonyl (C=O) groups is 2. The van der Waals surface area contributed by atoms with E-state index >= 15 is 0 Å². The number of nitrogens with zero attached hydrogens (tertiary/aromatic N) is 2. The minimum absolute atomic E-state index is 0.131. The standard InChI is InChI=1S/C14H17BrFN3O2/c1-18(5-6-19-4-2-3-12(19)20)11-8-9(15)7-10(16)13(11)14(17)21/h7-8H,2-6H2,1H3,(H2,17,21). The van der Waals surface area contributed by atoms with Gasteiger partial charge in [0.1, 0.15) is 5.82 Å². The lowest BCUT2D eigenvalue weighted by molar-refractivity contribution is -0.127. The van der Waals surface area contributed by atoms with Gasteiger partial charge in [0.15, 0.2) is 0 Å². The Bertz CT molecular complexity index is 580. The number of anilines is 1. The third-order valence-corrected chi connectivity index (χ3v) is 4.03. The van der Waals surface area contributed by atoms with E-state index in [2.05, 4.69) is 15.9 Å². The van der Waals surface area contributed by atoms with Crippen LogP contribution in [0.2, 0.25) is 0 Å². The van der Waals surface area contributed by atoms with Crippen LogP contribution in [0.15, 0.2) is 16.6 Å². The number of rotatable bonds is 5. The Balaban J connectivity index is 2.16. The number of hydrogen-bond donors (Lipinski definition) is 1. The number of nitrogens with two attached hydrogens (primary N) is 1. The van der Waals surface area contributed by atoms with Gasteiger partial charge in [-0.1, -0.05) is 15.9 Å². The number of halogens is 2. The zero-order valence-electron chi connectivity index (χ0n) is 11.7. The lowest BCUT2D eigenvalue weighted by Gasteiger charge is -2.25. The molecule has 1 aliphatic heterocycles. The second kappa shape index (κ2) is 6.43. The Morgan fingerprint density at radius 1 is 1.52 bits per heavy atom. The van der Waals surface area contributed by atoms with Gasteiger partial charge in [-0.05, 0) is 18.6 Å². The summed E-state index contributed by atoms with van der Waals surface area (Å²) >= 11 is 3.21. The van der Waals surface area contributed by atoms with E-state index in [9.17, 15) is 14.0 Å². The smallest absolute Gasteiger partial charge is 0.253 e. The maximum Gasteiger partial charge on any atom is 0.253 e. The van der Waals surface area contributed by atoms with Crippen LogP contribution in [0.5, 0.6) is 0 Å². The van der Waals surface area contributed by atoms with Gasteiger partial charge in [-0.3, -0.25) is 9.59 Å². The van der Waals surface area contributed by atoms with E-state index in [-0.39, 0.29) is 11.5 Å². The van der Waals surface area contributed by atoms with Crippen molar-refractivity contribution in [3.8, 4) is 0 Å². The molecule has 5 nitrogen and oxygen atoms in total. The van der Waals surface area contributed by atoms with E-state index in [1.54, 1.807) is 22.9 Å². The molecule has 1 aromatic carbocycles. The highest BCUT2D eigenvalue weighted by Gasteiger charge is 2.22. The number of carbonyl (C=O) groups excluding carboxylic acids is 2. The van der Waals surface area contributed by atoms with Crippen molar-refractivity contribution in [2.75, 3.05) is 31.6 Å². The summed E-state index contributed by atoms with van der Waals surface area (Å²) in [4.78, 5) is 26.5. The minimum atomic E-state index is -0.806. The molecule has 1 saturated heterocycles. The number of likely N-dealkylation sites (N-methyl/N-ethyl adjacent to an activating group) is 1. The molecule has 1 aromatic rings. The van der Waals surface area contributed by atoms with E-state index in [4.69, 9.17) is 5.73 Å².